The zero-order valence-corrected chi connectivity index (χ0v) is 8.71. The van der Waals surface area contributed by atoms with Gasteiger partial charge in [0.1, 0.15) is 0 Å². The molecule has 1 aromatic rings. The molecule has 3 N–H and O–H groups in total. The molecule has 0 atom stereocenters. The molecular formula is C8H10N2O4S. The molecule has 0 amide bonds. The van der Waals surface area contributed by atoms with Crippen LogP contribution in [0.3, 0.4) is 0 Å². The van der Waals surface area contributed by atoms with Crippen LogP contribution in [0.15, 0.2) is 24.3 Å². The van der Waals surface area contributed by atoms with Crippen molar-refractivity contribution >= 4 is 21.9 Å². The molecule has 0 fully saturated rings. The predicted molar refractivity (Wildman–Crippen MR) is 55.0 cm³/mol. The Hall–Kier alpha value is -1.60. The molecule has 1 aromatic carbocycles. The summed E-state index contributed by atoms with van der Waals surface area (Å²) >= 11 is 0. The van der Waals surface area contributed by atoms with Crippen LogP contribution < -0.4 is 9.44 Å². The third-order valence-electron chi connectivity index (χ3n) is 1.67. The Bertz CT molecular complexity index is 469. The van der Waals surface area contributed by atoms with E-state index in [0.717, 1.165) is 0 Å². The maximum absolute atomic E-state index is 11.1. The van der Waals surface area contributed by atoms with Crippen molar-refractivity contribution in [3.05, 3.63) is 29.8 Å². The number of hydrogen-bond acceptors (Lipinski definition) is 3. The van der Waals surface area contributed by atoms with Crippen LogP contribution in [0.25, 0.3) is 0 Å². The summed E-state index contributed by atoms with van der Waals surface area (Å²) in [7, 11) is -2.46. The number of rotatable bonds is 4. The zero-order chi connectivity index (χ0) is 11.5. The monoisotopic (exact) mass is 230 g/mol. The molecule has 82 valence electrons. The Labute approximate surface area is 87.1 Å². The summed E-state index contributed by atoms with van der Waals surface area (Å²) in [5.74, 6) is -1.19. The Morgan fingerprint density at radius 3 is 2.47 bits per heavy atom. The fourth-order valence-corrected chi connectivity index (χ4v) is 1.52. The van der Waals surface area contributed by atoms with E-state index in [0.29, 0.717) is 0 Å². The van der Waals surface area contributed by atoms with Crippen molar-refractivity contribution in [2.75, 3.05) is 11.8 Å². The van der Waals surface area contributed by atoms with Crippen LogP contribution >= 0.6 is 0 Å². The van der Waals surface area contributed by atoms with Gasteiger partial charge in [-0.1, -0.05) is 12.1 Å². The summed E-state index contributed by atoms with van der Waals surface area (Å²) in [6.07, 6.45) is 0. The fourth-order valence-electron chi connectivity index (χ4n) is 0.954. The van der Waals surface area contributed by atoms with Gasteiger partial charge in [-0.15, -0.1) is 0 Å². The Balaban J connectivity index is 3.10. The summed E-state index contributed by atoms with van der Waals surface area (Å²) < 4.78 is 26.4. The molecule has 0 aliphatic carbocycles. The molecule has 0 aliphatic heterocycles. The van der Waals surface area contributed by atoms with Crippen molar-refractivity contribution < 1.29 is 18.3 Å². The number of nitrogens with one attached hydrogen (secondary N) is 2. The van der Waals surface area contributed by atoms with Crippen LogP contribution in [-0.2, 0) is 10.2 Å². The number of hydrogen-bond donors (Lipinski definition) is 3. The third-order valence-corrected chi connectivity index (χ3v) is 2.70. The van der Waals surface area contributed by atoms with Gasteiger partial charge < -0.3 is 5.11 Å². The first-order valence-corrected chi connectivity index (χ1v) is 5.48. The quantitative estimate of drug-likeness (QED) is 0.691. The van der Waals surface area contributed by atoms with Crippen LogP contribution in [0, 0.1) is 0 Å². The fraction of sp³-hybridized carbons (Fsp3) is 0.125. The molecule has 0 aromatic heterocycles. The van der Waals surface area contributed by atoms with Gasteiger partial charge in [0.25, 0.3) is 10.2 Å². The zero-order valence-electron chi connectivity index (χ0n) is 7.89. The molecule has 0 radical (unpaired) electrons. The molecule has 0 saturated carbocycles. The number of carbonyl (C=O) groups is 1. The predicted octanol–water partition coefficient (Wildman–Crippen LogP) is 0.261. The number of para-hydroxylation sites is 1. The summed E-state index contributed by atoms with van der Waals surface area (Å²) in [6.45, 7) is 0. The highest BCUT2D eigenvalue weighted by atomic mass is 32.2. The van der Waals surface area contributed by atoms with Gasteiger partial charge in [0.15, 0.2) is 0 Å². The van der Waals surface area contributed by atoms with Crippen molar-refractivity contribution in [3.63, 3.8) is 0 Å². The maximum atomic E-state index is 11.1. The van der Waals surface area contributed by atoms with Gasteiger partial charge in [-0.3, -0.25) is 4.72 Å². The number of carboxylic acid groups (broad SMARTS) is 1. The first kappa shape index (κ1) is 11.5. The minimum absolute atomic E-state index is 0.0272. The Kier molecular flexibility index (Phi) is 3.28. The average Bonchev–Trinajstić information content (AvgIpc) is 2.18. The summed E-state index contributed by atoms with van der Waals surface area (Å²) in [5, 5.41) is 8.78. The van der Waals surface area contributed by atoms with E-state index in [-0.39, 0.29) is 11.3 Å². The molecule has 1 rings (SSSR count). The lowest BCUT2D eigenvalue weighted by atomic mass is 10.2. The SMILES string of the molecule is CNS(=O)(=O)Nc1ccccc1C(=O)O. The van der Waals surface area contributed by atoms with E-state index in [2.05, 4.69) is 4.72 Å². The van der Waals surface area contributed by atoms with E-state index in [1.54, 1.807) is 6.07 Å². The molecule has 0 unspecified atom stereocenters. The minimum atomic E-state index is -3.69. The Morgan fingerprint density at radius 2 is 1.93 bits per heavy atom. The highest BCUT2D eigenvalue weighted by Crippen LogP contribution is 2.15. The topological polar surface area (TPSA) is 95.5 Å². The van der Waals surface area contributed by atoms with Gasteiger partial charge in [0, 0.05) is 7.05 Å². The van der Waals surface area contributed by atoms with E-state index < -0.39 is 16.2 Å². The highest BCUT2D eigenvalue weighted by molar-refractivity contribution is 7.90. The maximum Gasteiger partial charge on any atom is 0.337 e. The number of benzene rings is 1. The lowest BCUT2D eigenvalue weighted by molar-refractivity contribution is 0.0698. The van der Waals surface area contributed by atoms with Crippen molar-refractivity contribution in [3.8, 4) is 0 Å². The lowest BCUT2D eigenvalue weighted by Gasteiger charge is -2.08. The second-order valence-corrected chi connectivity index (χ2v) is 4.28. The highest BCUT2D eigenvalue weighted by Gasteiger charge is 2.13. The van der Waals surface area contributed by atoms with Crippen LogP contribution in [0.2, 0.25) is 0 Å². The van der Waals surface area contributed by atoms with Crippen molar-refractivity contribution in [2.45, 2.75) is 0 Å². The van der Waals surface area contributed by atoms with Gasteiger partial charge in [-0.25, -0.2) is 9.52 Å². The van der Waals surface area contributed by atoms with E-state index in [1.807, 2.05) is 4.72 Å². The van der Waals surface area contributed by atoms with E-state index in [1.165, 1.54) is 25.2 Å². The molecule has 0 heterocycles. The molecule has 6 nitrogen and oxygen atoms in total. The largest absolute Gasteiger partial charge is 0.478 e. The second-order valence-electron chi connectivity index (χ2n) is 2.66. The van der Waals surface area contributed by atoms with Crippen LogP contribution in [-0.4, -0.2) is 26.5 Å². The van der Waals surface area contributed by atoms with Gasteiger partial charge in [0.05, 0.1) is 11.3 Å². The average molecular weight is 230 g/mol. The molecule has 0 bridgehead atoms. The minimum Gasteiger partial charge on any atom is -0.478 e. The van der Waals surface area contributed by atoms with Crippen LogP contribution in [0.1, 0.15) is 10.4 Å². The molecular weight excluding hydrogens is 220 g/mol. The van der Waals surface area contributed by atoms with Crippen molar-refractivity contribution in [1.29, 1.82) is 0 Å². The van der Waals surface area contributed by atoms with Gasteiger partial charge in [-0.05, 0) is 12.1 Å². The molecule has 0 aliphatic rings. The summed E-state index contributed by atoms with van der Waals surface area (Å²) in [4.78, 5) is 10.7. The number of aromatic carboxylic acids is 1. The number of anilines is 1. The van der Waals surface area contributed by atoms with Gasteiger partial charge >= 0.3 is 5.97 Å². The van der Waals surface area contributed by atoms with Crippen LogP contribution in [0.4, 0.5) is 5.69 Å². The van der Waals surface area contributed by atoms with Gasteiger partial charge in [-0.2, -0.15) is 8.42 Å². The van der Waals surface area contributed by atoms with Gasteiger partial charge in [0.2, 0.25) is 0 Å². The Morgan fingerprint density at radius 1 is 1.33 bits per heavy atom. The normalized spacial score (nSPS) is 11.0. The molecule has 15 heavy (non-hydrogen) atoms. The molecule has 0 spiro atoms. The van der Waals surface area contributed by atoms with E-state index >= 15 is 0 Å². The molecule has 0 saturated heterocycles. The van der Waals surface area contributed by atoms with E-state index in [4.69, 9.17) is 5.11 Å². The number of carboxylic acids is 1. The lowest BCUT2D eigenvalue weighted by Crippen LogP contribution is -2.27. The third kappa shape index (κ3) is 2.93. The van der Waals surface area contributed by atoms with Crippen molar-refractivity contribution in [2.24, 2.45) is 0 Å². The van der Waals surface area contributed by atoms with Crippen molar-refractivity contribution in [1.82, 2.24) is 4.72 Å². The van der Waals surface area contributed by atoms with E-state index in [9.17, 15) is 13.2 Å². The van der Waals surface area contributed by atoms with Crippen LogP contribution in [0.5, 0.6) is 0 Å². The molecule has 7 heteroatoms. The smallest absolute Gasteiger partial charge is 0.337 e. The second kappa shape index (κ2) is 4.28. The first-order valence-electron chi connectivity index (χ1n) is 4.00. The summed E-state index contributed by atoms with van der Waals surface area (Å²) in [6, 6.07) is 5.74. The first-order chi connectivity index (χ1) is 6.96. The summed E-state index contributed by atoms with van der Waals surface area (Å²) in [5.41, 5.74) is -0.0734. The standard InChI is InChI=1S/C8H10N2O4S/c1-9-15(13,14)10-7-5-3-2-4-6(7)8(11)12/h2-5,9-10H,1H3,(H,11,12).